The van der Waals surface area contributed by atoms with Crippen LogP contribution in [0.5, 0.6) is 5.75 Å². The third kappa shape index (κ3) is 4.49. The van der Waals surface area contributed by atoms with Gasteiger partial charge in [-0.3, -0.25) is 0 Å². The fourth-order valence-corrected chi connectivity index (χ4v) is 2.45. The zero-order valence-electron chi connectivity index (χ0n) is 13.3. The standard InChI is InChI=1S/C13H14O6S.C2H6/c1-4-16-9-5-7(2)20-11(9)12(14)17-6-10-8(3)18-13(15)19-10;1-2/h5H,4,6H2,1-3H3;1-2H3. The van der Waals surface area contributed by atoms with Gasteiger partial charge in [0.1, 0.15) is 5.75 Å². The van der Waals surface area contributed by atoms with Crippen LogP contribution in [-0.2, 0) is 11.3 Å². The molecule has 0 amide bonds. The number of ether oxygens (including phenoxy) is 2. The average Bonchev–Trinajstić information content (AvgIpc) is 3.01. The molecule has 2 aromatic rings. The highest BCUT2D eigenvalue weighted by Crippen LogP contribution is 2.30. The molecule has 122 valence electrons. The van der Waals surface area contributed by atoms with E-state index in [0.29, 0.717) is 23.0 Å². The molecule has 0 N–H and O–H groups in total. The highest BCUT2D eigenvalue weighted by molar-refractivity contribution is 7.14. The van der Waals surface area contributed by atoms with Gasteiger partial charge < -0.3 is 18.3 Å². The molecule has 0 aliphatic rings. The summed E-state index contributed by atoms with van der Waals surface area (Å²) in [5.74, 6) is -0.319. The number of rotatable bonds is 5. The molecule has 0 saturated heterocycles. The maximum absolute atomic E-state index is 12.0. The van der Waals surface area contributed by atoms with Crippen LogP contribution < -0.4 is 10.6 Å². The lowest BCUT2D eigenvalue weighted by Crippen LogP contribution is -2.06. The number of hydrogen-bond acceptors (Lipinski definition) is 7. The molecule has 0 unspecified atom stereocenters. The molecule has 0 radical (unpaired) electrons. The van der Waals surface area contributed by atoms with E-state index in [2.05, 4.69) is 4.42 Å². The van der Waals surface area contributed by atoms with Crippen LogP contribution in [0.2, 0.25) is 0 Å². The van der Waals surface area contributed by atoms with Crippen molar-refractivity contribution < 1.29 is 23.1 Å². The van der Waals surface area contributed by atoms with Crippen LogP contribution in [0.1, 0.15) is 46.8 Å². The Hall–Kier alpha value is -2.02. The Bertz CT molecular complexity index is 664. The van der Waals surface area contributed by atoms with Gasteiger partial charge in [-0.2, -0.15) is 0 Å². The maximum atomic E-state index is 12.0. The predicted molar refractivity (Wildman–Crippen MR) is 82.7 cm³/mol. The number of thiophene rings is 1. The molecule has 0 saturated carbocycles. The molecule has 2 rings (SSSR count). The molecule has 0 bridgehead atoms. The van der Waals surface area contributed by atoms with E-state index in [-0.39, 0.29) is 12.4 Å². The fourth-order valence-electron chi connectivity index (χ4n) is 1.60. The Balaban J connectivity index is 0.00000116. The van der Waals surface area contributed by atoms with Crippen molar-refractivity contribution in [3.8, 4) is 5.75 Å². The first-order chi connectivity index (χ1) is 10.5. The molecule has 0 spiro atoms. The minimum atomic E-state index is -0.810. The third-order valence-electron chi connectivity index (χ3n) is 2.48. The number of aryl methyl sites for hydroxylation is 2. The van der Waals surface area contributed by atoms with Gasteiger partial charge in [0, 0.05) is 4.88 Å². The van der Waals surface area contributed by atoms with Gasteiger partial charge in [-0.05, 0) is 26.8 Å². The van der Waals surface area contributed by atoms with Crippen molar-refractivity contribution in [2.24, 2.45) is 0 Å². The molecule has 0 aliphatic carbocycles. The normalized spacial score (nSPS) is 9.86. The lowest BCUT2D eigenvalue weighted by molar-refractivity contribution is 0.0445. The zero-order chi connectivity index (χ0) is 16.7. The topological polar surface area (TPSA) is 78.9 Å². The van der Waals surface area contributed by atoms with Crippen LogP contribution >= 0.6 is 11.3 Å². The Morgan fingerprint density at radius 3 is 2.50 bits per heavy atom. The molecular formula is C15H20O6S. The van der Waals surface area contributed by atoms with Gasteiger partial charge in [-0.1, -0.05) is 13.8 Å². The maximum Gasteiger partial charge on any atom is 0.519 e. The summed E-state index contributed by atoms with van der Waals surface area (Å²) in [5, 5.41) is 0. The van der Waals surface area contributed by atoms with E-state index in [1.807, 2.05) is 27.7 Å². The average molecular weight is 328 g/mol. The number of hydrogen-bond donors (Lipinski definition) is 0. The molecule has 0 aromatic carbocycles. The monoisotopic (exact) mass is 328 g/mol. The number of carbonyl (C=O) groups excluding carboxylic acids is 1. The van der Waals surface area contributed by atoms with E-state index in [1.165, 1.54) is 11.3 Å². The molecule has 0 atom stereocenters. The summed E-state index contributed by atoms with van der Waals surface area (Å²) in [7, 11) is 0. The lowest BCUT2D eigenvalue weighted by atomic mass is 10.4. The molecule has 2 heterocycles. The van der Waals surface area contributed by atoms with Crippen molar-refractivity contribution in [2.75, 3.05) is 6.61 Å². The molecule has 6 nitrogen and oxygen atoms in total. The van der Waals surface area contributed by atoms with Crippen molar-refractivity contribution in [1.29, 1.82) is 0 Å². The van der Waals surface area contributed by atoms with Gasteiger partial charge in [-0.25, -0.2) is 9.59 Å². The van der Waals surface area contributed by atoms with Crippen molar-refractivity contribution in [2.45, 2.75) is 41.2 Å². The van der Waals surface area contributed by atoms with Gasteiger partial charge >= 0.3 is 11.8 Å². The highest BCUT2D eigenvalue weighted by Gasteiger charge is 2.19. The van der Waals surface area contributed by atoms with E-state index in [9.17, 15) is 9.59 Å². The molecule has 7 heteroatoms. The second-order valence-electron chi connectivity index (χ2n) is 3.99. The lowest BCUT2D eigenvalue weighted by Gasteiger charge is -2.04. The minimum Gasteiger partial charge on any atom is -0.492 e. The Morgan fingerprint density at radius 1 is 1.27 bits per heavy atom. The van der Waals surface area contributed by atoms with Gasteiger partial charge in [-0.15, -0.1) is 11.3 Å². The van der Waals surface area contributed by atoms with Crippen molar-refractivity contribution in [1.82, 2.24) is 0 Å². The van der Waals surface area contributed by atoms with Gasteiger partial charge in [0.15, 0.2) is 23.0 Å². The van der Waals surface area contributed by atoms with Gasteiger partial charge in [0.25, 0.3) is 0 Å². The summed E-state index contributed by atoms with van der Waals surface area (Å²) in [4.78, 5) is 24.2. The first kappa shape index (κ1) is 18.0. The van der Waals surface area contributed by atoms with E-state index in [0.717, 1.165) is 4.88 Å². The summed E-state index contributed by atoms with van der Waals surface area (Å²) < 4.78 is 19.9. The van der Waals surface area contributed by atoms with Gasteiger partial charge in [0.2, 0.25) is 0 Å². The summed E-state index contributed by atoms with van der Waals surface area (Å²) >= 11 is 1.29. The van der Waals surface area contributed by atoms with Crippen molar-refractivity contribution in [3.05, 3.63) is 38.0 Å². The summed E-state index contributed by atoms with van der Waals surface area (Å²) in [6, 6.07) is 1.79. The first-order valence-electron chi connectivity index (χ1n) is 7.01. The predicted octanol–water partition coefficient (Wildman–Crippen LogP) is 3.69. The first-order valence-corrected chi connectivity index (χ1v) is 7.82. The van der Waals surface area contributed by atoms with E-state index in [1.54, 1.807) is 13.0 Å². The van der Waals surface area contributed by atoms with Crippen LogP contribution in [0.15, 0.2) is 19.7 Å². The second-order valence-corrected chi connectivity index (χ2v) is 5.25. The Kier molecular flexibility index (Phi) is 6.91. The SMILES string of the molecule is CC.CCOc1cc(C)sc1C(=O)OCc1oc(=O)oc1C. The number of esters is 1. The third-order valence-corrected chi connectivity index (χ3v) is 3.49. The number of carbonyl (C=O) groups is 1. The summed E-state index contributed by atoms with van der Waals surface area (Å²) in [5.41, 5.74) is 0. The highest BCUT2D eigenvalue weighted by atomic mass is 32.1. The summed E-state index contributed by atoms with van der Waals surface area (Å²) in [6.45, 7) is 9.59. The summed E-state index contributed by atoms with van der Waals surface area (Å²) in [6.07, 6.45) is 0. The molecule has 2 aromatic heterocycles. The second kappa shape index (κ2) is 8.43. The van der Waals surface area contributed by atoms with Crippen LogP contribution in [0.4, 0.5) is 0 Å². The van der Waals surface area contributed by atoms with Crippen LogP contribution in [0, 0.1) is 13.8 Å². The molecule has 0 fully saturated rings. The van der Waals surface area contributed by atoms with Crippen LogP contribution in [-0.4, -0.2) is 12.6 Å². The van der Waals surface area contributed by atoms with Crippen molar-refractivity contribution >= 4 is 17.3 Å². The zero-order valence-corrected chi connectivity index (χ0v) is 14.2. The molecule has 22 heavy (non-hydrogen) atoms. The smallest absolute Gasteiger partial charge is 0.492 e. The van der Waals surface area contributed by atoms with E-state index < -0.39 is 11.8 Å². The fraction of sp³-hybridized carbons (Fsp3) is 0.467. The van der Waals surface area contributed by atoms with Crippen LogP contribution in [0.3, 0.4) is 0 Å². The van der Waals surface area contributed by atoms with Gasteiger partial charge in [0.05, 0.1) is 6.61 Å². The molecular weight excluding hydrogens is 308 g/mol. The Labute approximate surface area is 132 Å². The quantitative estimate of drug-likeness (QED) is 0.779. The van der Waals surface area contributed by atoms with E-state index >= 15 is 0 Å². The van der Waals surface area contributed by atoms with E-state index in [4.69, 9.17) is 13.9 Å². The van der Waals surface area contributed by atoms with Crippen molar-refractivity contribution in [3.63, 3.8) is 0 Å². The minimum absolute atomic E-state index is 0.154. The largest absolute Gasteiger partial charge is 0.519 e. The van der Waals surface area contributed by atoms with Crippen LogP contribution in [0.25, 0.3) is 0 Å². The Morgan fingerprint density at radius 2 is 1.95 bits per heavy atom. The molecule has 0 aliphatic heterocycles.